The van der Waals surface area contributed by atoms with E-state index < -0.39 is 0 Å². The van der Waals surface area contributed by atoms with E-state index in [0.29, 0.717) is 0 Å². The molecule has 2 aromatic rings. The van der Waals surface area contributed by atoms with Crippen molar-refractivity contribution in [2.24, 2.45) is 5.10 Å². The number of para-hydroxylation sites is 1. The summed E-state index contributed by atoms with van der Waals surface area (Å²) in [4.78, 5) is 2.15. The minimum atomic E-state index is 0.723. The van der Waals surface area contributed by atoms with E-state index in [9.17, 15) is 0 Å². The lowest BCUT2D eigenvalue weighted by atomic mass is 10.2. The van der Waals surface area contributed by atoms with Crippen LogP contribution in [0.25, 0.3) is 0 Å². The van der Waals surface area contributed by atoms with Crippen molar-refractivity contribution < 1.29 is 4.74 Å². The van der Waals surface area contributed by atoms with Crippen molar-refractivity contribution in [1.82, 2.24) is 4.90 Å². The normalized spacial score (nSPS) is 11.0. The zero-order valence-corrected chi connectivity index (χ0v) is 13.2. The predicted octanol–water partition coefficient (Wildman–Crippen LogP) is 3.46. The Kier molecular flexibility index (Phi) is 6.45. The molecule has 0 spiro atoms. The van der Waals surface area contributed by atoms with Crippen molar-refractivity contribution in [2.45, 2.75) is 6.42 Å². The summed E-state index contributed by atoms with van der Waals surface area (Å²) >= 11 is 0. The lowest BCUT2D eigenvalue weighted by molar-refractivity contribution is 0.281. The van der Waals surface area contributed by atoms with Crippen molar-refractivity contribution in [3.05, 3.63) is 60.2 Å². The minimum Gasteiger partial charge on any atom is -0.494 e. The molecule has 0 aliphatic heterocycles. The Morgan fingerprint density at radius 2 is 1.91 bits per heavy atom. The van der Waals surface area contributed by atoms with Crippen LogP contribution in [-0.4, -0.2) is 38.4 Å². The highest BCUT2D eigenvalue weighted by Crippen LogP contribution is 2.12. The van der Waals surface area contributed by atoms with E-state index in [0.717, 1.165) is 36.6 Å². The number of ether oxygens (including phenoxy) is 1. The molecule has 0 bridgehead atoms. The Morgan fingerprint density at radius 3 is 2.68 bits per heavy atom. The number of benzene rings is 2. The van der Waals surface area contributed by atoms with Crippen molar-refractivity contribution in [1.29, 1.82) is 0 Å². The molecule has 0 saturated carbocycles. The standard InChI is InChI=1S/C18H23N3O/c1-21(2)12-7-13-22-18-11-6-8-16(14-18)15-19-20-17-9-4-3-5-10-17/h3-6,8-11,14-15,20H,7,12-13H2,1-2H3. The fraction of sp³-hybridized carbons (Fsp3) is 0.278. The first-order chi connectivity index (χ1) is 10.7. The largest absolute Gasteiger partial charge is 0.494 e. The SMILES string of the molecule is CN(C)CCCOc1cccc(C=NNc2ccccc2)c1. The Morgan fingerprint density at radius 1 is 1.09 bits per heavy atom. The first kappa shape index (κ1) is 16.0. The van der Waals surface area contributed by atoms with Crippen molar-refractivity contribution >= 4 is 11.9 Å². The molecule has 4 heteroatoms. The van der Waals surface area contributed by atoms with E-state index in [1.807, 2.05) is 54.6 Å². The molecule has 0 amide bonds. The van der Waals surface area contributed by atoms with Gasteiger partial charge in [-0.25, -0.2) is 0 Å². The van der Waals surface area contributed by atoms with Gasteiger partial charge in [-0.2, -0.15) is 5.10 Å². The number of hydrogen-bond acceptors (Lipinski definition) is 4. The summed E-state index contributed by atoms with van der Waals surface area (Å²) < 4.78 is 5.75. The lowest BCUT2D eigenvalue weighted by Crippen LogP contribution is -2.15. The average molecular weight is 297 g/mol. The van der Waals surface area contributed by atoms with Gasteiger partial charge >= 0.3 is 0 Å². The van der Waals surface area contributed by atoms with E-state index >= 15 is 0 Å². The fourth-order valence-electron chi connectivity index (χ4n) is 1.95. The molecule has 2 rings (SSSR count). The second-order valence-electron chi connectivity index (χ2n) is 5.31. The Labute approximate surface area is 132 Å². The molecule has 4 nitrogen and oxygen atoms in total. The maximum Gasteiger partial charge on any atom is 0.119 e. The van der Waals surface area contributed by atoms with Gasteiger partial charge in [0.2, 0.25) is 0 Å². The summed E-state index contributed by atoms with van der Waals surface area (Å²) in [5, 5.41) is 4.24. The van der Waals surface area contributed by atoms with Gasteiger partial charge in [0.25, 0.3) is 0 Å². The van der Waals surface area contributed by atoms with E-state index in [-0.39, 0.29) is 0 Å². The van der Waals surface area contributed by atoms with Crippen molar-refractivity contribution in [3.63, 3.8) is 0 Å². The molecule has 0 fully saturated rings. The monoisotopic (exact) mass is 297 g/mol. The van der Waals surface area contributed by atoms with Crippen LogP contribution in [0.15, 0.2) is 59.7 Å². The van der Waals surface area contributed by atoms with Crippen LogP contribution in [0.3, 0.4) is 0 Å². The highest BCUT2D eigenvalue weighted by molar-refractivity contribution is 5.80. The number of hydrogen-bond donors (Lipinski definition) is 1. The molecule has 22 heavy (non-hydrogen) atoms. The maximum absolute atomic E-state index is 5.75. The minimum absolute atomic E-state index is 0.723. The number of rotatable bonds is 8. The van der Waals surface area contributed by atoms with E-state index in [2.05, 4.69) is 29.5 Å². The predicted molar refractivity (Wildman–Crippen MR) is 92.8 cm³/mol. The Balaban J connectivity index is 1.83. The maximum atomic E-state index is 5.75. The second kappa shape index (κ2) is 8.85. The quantitative estimate of drug-likeness (QED) is 0.460. The molecule has 0 unspecified atom stereocenters. The molecule has 2 aromatic carbocycles. The zero-order valence-electron chi connectivity index (χ0n) is 13.2. The molecule has 0 radical (unpaired) electrons. The lowest BCUT2D eigenvalue weighted by Gasteiger charge is -2.10. The van der Waals surface area contributed by atoms with Crippen LogP contribution in [0.4, 0.5) is 5.69 Å². The third-order valence-electron chi connectivity index (χ3n) is 3.06. The Bertz CT molecular complexity index is 582. The van der Waals surface area contributed by atoms with E-state index in [1.54, 1.807) is 6.21 Å². The van der Waals surface area contributed by atoms with Gasteiger partial charge in [-0.05, 0) is 50.3 Å². The molecule has 0 atom stereocenters. The first-order valence-electron chi connectivity index (χ1n) is 7.46. The van der Waals surface area contributed by atoms with Gasteiger partial charge < -0.3 is 9.64 Å². The average Bonchev–Trinajstić information content (AvgIpc) is 2.53. The van der Waals surface area contributed by atoms with E-state index in [4.69, 9.17) is 4.74 Å². The van der Waals surface area contributed by atoms with Crippen LogP contribution in [0.5, 0.6) is 5.75 Å². The highest BCUT2D eigenvalue weighted by atomic mass is 16.5. The Hall–Kier alpha value is -2.33. The molecule has 0 heterocycles. The summed E-state index contributed by atoms with van der Waals surface area (Å²) in [5.41, 5.74) is 4.98. The zero-order chi connectivity index (χ0) is 15.6. The van der Waals surface area contributed by atoms with Crippen LogP contribution >= 0.6 is 0 Å². The summed E-state index contributed by atoms with van der Waals surface area (Å²) in [5.74, 6) is 0.877. The summed E-state index contributed by atoms with van der Waals surface area (Å²) in [7, 11) is 4.13. The van der Waals surface area contributed by atoms with Gasteiger partial charge in [-0.1, -0.05) is 30.3 Å². The third-order valence-corrected chi connectivity index (χ3v) is 3.06. The number of nitrogens with zero attached hydrogens (tertiary/aromatic N) is 2. The topological polar surface area (TPSA) is 36.9 Å². The molecular formula is C18H23N3O. The van der Waals surface area contributed by atoms with Crippen LogP contribution in [0.2, 0.25) is 0 Å². The number of anilines is 1. The molecule has 0 aliphatic rings. The van der Waals surface area contributed by atoms with Crippen LogP contribution in [0.1, 0.15) is 12.0 Å². The first-order valence-corrected chi connectivity index (χ1v) is 7.46. The van der Waals surface area contributed by atoms with Crippen LogP contribution in [-0.2, 0) is 0 Å². The molecular weight excluding hydrogens is 274 g/mol. The molecule has 116 valence electrons. The fourth-order valence-corrected chi connectivity index (χ4v) is 1.95. The van der Waals surface area contributed by atoms with Crippen molar-refractivity contribution in [3.8, 4) is 5.75 Å². The number of nitrogens with one attached hydrogen (secondary N) is 1. The van der Waals surface area contributed by atoms with Gasteiger partial charge in [0.05, 0.1) is 18.5 Å². The van der Waals surface area contributed by atoms with Gasteiger partial charge in [-0.3, -0.25) is 5.43 Å². The number of hydrazone groups is 1. The summed E-state index contributed by atoms with van der Waals surface area (Å²) in [6, 6.07) is 17.8. The summed E-state index contributed by atoms with van der Waals surface area (Å²) in [6.45, 7) is 1.75. The molecule has 0 aliphatic carbocycles. The smallest absolute Gasteiger partial charge is 0.119 e. The molecule has 1 N–H and O–H groups in total. The highest BCUT2D eigenvalue weighted by Gasteiger charge is 1.96. The van der Waals surface area contributed by atoms with Crippen LogP contribution in [0, 0.1) is 0 Å². The summed E-state index contributed by atoms with van der Waals surface area (Å²) in [6.07, 6.45) is 2.81. The van der Waals surface area contributed by atoms with Gasteiger partial charge in [0.15, 0.2) is 0 Å². The van der Waals surface area contributed by atoms with Gasteiger partial charge in [-0.15, -0.1) is 0 Å². The molecule has 0 aromatic heterocycles. The second-order valence-corrected chi connectivity index (χ2v) is 5.31. The molecule has 0 saturated heterocycles. The van der Waals surface area contributed by atoms with E-state index in [1.165, 1.54) is 0 Å². The third kappa shape index (κ3) is 5.97. The van der Waals surface area contributed by atoms with Crippen molar-refractivity contribution in [2.75, 3.05) is 32.7 Å². The van der Waals surface area contributed by atoms with Gasteiger partial charge in [0, 0.05) is 6.54 Å². The van der Waals surface area contributed by atoms with Gasteiger partial charge in [0.1, 0.15) is 5.75 Å². The van der Waals surface area contributed by atoms with Crippen LogP contribution < -0.4 is 10.2 Å².